The molecule has 4 nitrogen and oxygen atoms in total. The highest BCUT2D eigenvalue weighted by atomic mass is 19.3. The molecule has 2 atom stereocenters. The van der Waals surface area contributed by atoms with Gasteiger partial charge in [0.1, 0.15) is 6.10 Å². The number of aliphatic hydroxyl groups is 1. The van der Waals surface area contributed by atoms with Gasteiger partial charge in [-0.05, 0) is 12.8 Å². The Bertz CT molecular complexity index is 221. The van der Waals surface area contributed by atoms with Gasteiger partial charge in [0.15, 0.2) is 0 Å². The summed E-state index contributed by atoms with van der Waals surface area (Å²) < 4.78 is 30.6. The topological polar surface area (TPSA) is 72.5 Å². The van der Waals surface area contributed by atoms with Crippen LogP contribution in [-0.2, 0) is 9.53 Å². The second-order valence-electron chi connectivity index (χ2n) is 3.61. The van der Waals surface area contributed by atoms with Crippen LogP contribution in [0, 0.1) is 5.92 Å². The molecule has 0 saturated carbocycles. The molecule has 0 aromatic rings. The van der Waals surface area contributed by atoms with Crippen LogP contribution in [0.4, 0.5) is 8.78 Å². The van der Waals surface area contributed by atoms with Gasteiger partial charge in [0, 0.05) is 6.04 Å². The molecule has 0 fully saturated rings. The zero-order valence-electron chi connectivity index (χ0n) is 9.04. The molecular weight excluding hydrogens is 208 g/mol. The van der Waals surface area contributed by atoms with Crippen LogP contribution < -0.4 is 5.73 Å². The van der Waals surface area contributed by atoms with Gasteiger partial charge in [-0.2, -0.15) is 8.78 Å². The molecule has 0 aromatic carbocycles. The van der Waals surface area contributed by atoms with Gasteiger partial charge in [-0.15, -0.1) is 0 Å². The second kappa shape index (κ2) is 5.37. The van der Waals surface area contributed by atoms with Crippen LogP contribution in [0.5, 0.6) is 0 Å². The Morgan fingerprint density at radius 2 is 2.00 bits per heavy atom. The molecule has 0 spiro atoms. The average Bonchev–Trinajstić information content (AvgIpc) is 2.15. The van der Waals surface area contributed by atoms with Gasteiger partial charge in [-0.25, -0.2) is 4.79 Å². The number of nitrogens with two attached hydrogens (primary N) is 1. The molecule has 0 amide bonds. The Morgan fingerprint density at radius 3 is 2.33 bits per heavy atom. The molecule has 3 N–H and O–H groups in total. The lowest BCUT2D eigenvalue weighted by Gasteiger charge is -2.27. The molecule has 90 valence electrons. The van der Waals surface area contributed by atoms with E-state index in [4.69, 9.17) is 5.73 Å². The van der Waals surface area contributed by atoms with E-state index in [0.717, 1.165) is 0 Å². The molecule has 6 heteroatoms. The Hall–Kier alpha value is -0.750. The van der Waals surface area contributed by atoms with E-state index in [0.29, 0.717) is 0 Å². The van der Waals surface area contributed by atoms with E-state index in [1.807, 2.05) is 0 Å². The summed E-state index contributed by atoms with van der Waals surface area (Å²) in [6.45, 7) is 4.39. The lowest BCUT2D eigenvalue weighted by molar-refractivity contribution is -0.191. The molecule has 0 radical (unpaired) electrons. The van der Waals surface area contributed by atoms with E-state index in [1.54, 1.807) is 13.8 Å². The van der Waals surface area contributed by atoms with Crippen LogP contribution in [0.1, 0.15) is 20.8 Å². The Balaban J connectivity index is 4.63. The molecule has 0 heterocycles. The predicted octanol–water partition coefficient (Wildman–Crippen LogP) is 0.529. The molecule has 0 bridgehead atoms. The monoisotopic (exact) mass is 225 g/mol. The summed E-state index contributed by atoms with van der Waals surface area (Å²) in [6.07, 6.45) is -2.23. The number of carbonyl (C=O) groups is 1. The Labute approximate surface area is 87.4 Å². The Kier molecular flexibility index (Phi) is 5.10. The van der Waals surface area contributed by atoms with Crippen LogP contribution >= 0.6 is 0 Å². The fourth-order valence-electron chi connectivity index (χ4n) is 0.954. The number of ether oxygens (including phenoxy) is 1. The van der Waals surface area contributed by atoms with E-state index >= 15 is 0 Å². The SMILES string of the molecule is CCOC(=O)C(F)(F)C(O)C(N)C(C)C. The zero-order valence-corrected chi connectivity index (χ0v) is 9.04. The number of aliphatic hydroxyl groups excluding tert-OH is 1. The average molecular weight is 225 g/mol. The number of halogens is 2. The first kappa shape index (κ1) is 14.2. The van der Waals surface area contributed by atoms with Crippen molar-refractivity contribution in [3.63, 3.8) is 0 Å². The minimum absolute atomic E-state index is 0.169. The van der Waals surface area contributed by atoms with Gasteiger partial charge in [0.05, 0.1) is 6.61 Å². The van der Waals surface area contributed by atoms with Gasteiger partial charge < -0.3 is 15.6 Å². The molecule has 15 heavy (non-hydrogen) atoms. The lowest BCUT2D eigenvalue weighted by atomic mass is 9.95. The van der Waals surface area contributed by atoms with Crippen LogP contribution in [0.2, 0.25) is 0 Å². The molecule has 0 saturated heterocycles. The third kappa shape index (κ3) is 3.39. The van der Waals surface area contributed by atoms with Crippen LogP contribution in [-0.4, -0.2) is 35.8 Å². The fourth-order valence-corrected chi connectivity index (χ4v) is 0.954. The van der Waals surface area contributed by atoms with E-state index in [-0.39, 0.29) is 12.5 Å². The number of hydrogen-bond acceptors (Lipinski definition) is 4. The van der Waals surface area contributed by atoms with Crippen LogP contribution in [0.25, 0.3) is 0 Å². The highest BCUT2D eigenvalue weighted by Gasteiger charge is 2.51. The van der Waals surface area contributed by atoms with E-state index in [9.17, 15) is 18.7 Å². The van der Waals surface area contributed by atoms with Crippen molar-refractivity contribution in [2.75, 3.05) is 6.61 Å². The summed E-state index contributed by atoms with van der Waals surface area (Å²) >= 11 is 0. The zero-order chi connectivity index (χ0) is 12.2. The van der Waals surface area contributed by atoms with Crippen molar-refractivity contribution in [2.24, 2.45) is 11.7 Å². The third-order valence-electron chi connectivity index (χ3n) is 2.05. The maximum absolute atomic E-state index is 13.2. The predicted molar refractivity (Wildman–Crippen MR) is 50.4 cm³/mol. The number of alkyl halides is 2. The molecule has 0 aliphatic rings. The van der Waals surface area contributed by atoms with Gasteiger partial charge in [-0.3, -0.25) is 0 Å². The normalized spacial score (nSPS) is 16.3. The summed E-state index contributed by atoms with van der Waals surface area (Å²) in [5.74, 6) is -6.06. The summed E-state index contributed by atoms with van der Waals surface area (Å²) in [5, 5.41) is 9.24. The number of hydrogen-bond donors (Lipinski definition) is 2. The fraction of sp³-hybridized carbons (Fsp3) is 0.889. The molecule has 0 rings (SSSR count). The smallest absolute Gasteiger partial charge is 0.379 e. The van der Waals surface area contributed by atoms with Gasteiger partial charge >= 0.3 is 11.9 Å². The highest BCUT2D eigenvalue weighted by Crippen LogP contribution is 2.24. The Morgan fingerprint density at radius 1 is 1.53 bits per heavy atom. The molecule has 0 aromatic heterocycles. The van der Waals surface area contributed by atoms with Gasteiger partial charge in [0.2, 0.25) is 0 Å². The van der Waals surface area contributed by atoms with Crippen molar-refractivity contribution in [2.45, 2.75) is 38.8 Å². The van der Waals surface area contributed by atoms with E-state index in [2.05, 4.69) is 4.74 Å². The van der Waals surface area contributed by atoms with Crippen molar-refractivity contribution in [1.29, 1.82) is 0 Å². The van der Waals surface area contributed by atoms with E-state index < -0.39 is 24.0 Å². The first-order valence-electron chi connectivity index (χ1n) is 4.73. The number of rotatable bonds is 5. The van der Waals surface area contributed by atoms with Crippen LogP contribution in [0.3, 0.4) is 0 Å². The summed E-state index contributed by atoms with van der Waals surface area (Å²) in [4.78, 5) is 10.8. The first-order valence-corrected chi connectivity index (χ1v) is 4.73. The van der Waals surface area contributed by atoms with Gasteiger partial charge in [0.25, 0.3) is 0 Å². The molecule has 0 aliphatic carbocycles. The molecule has 2 unspecified atom stereocenters. The minimum atomic E-state index is -3.96. The van der Waals surface area contributed by atoms with Crippen molar-refractivity contribution in [1.82, 2.24) is 0 Å². The van der Waals surface area contributed by atoms with Crippen molar-refractivity contribution < 1.29 is 23.4 Å². The number of esters is 1. The lowest BCUT2D eigenvalue weighted by Crippen LogP contribution is -2.54. The largest absolute Gasteiger partial charge is 0.461 e. The van der Waals surface area contributed by atoms with Crippen molar-refractivity contribution >= 4 is 5.97 Å². The van der Waals surface area contributed by atoms with E-state index in [1.165, 1.54) is 6.92 Å². The minimum Gasteiger partial charge on any atom is -0.461 e. The maximum Gasteiger partial charge on any atom is 0.379 e. The second-order valence-corrected chi connectivity index (χ2v) is 3.61. The molecular formula is C9H17F2NO3. The highest BCUT2D eigenvalue weighted by molar-refractivity contribution is 5.78. The first-order chi connectivity index (χ1) is 6.75. The summed E-state index contributed by atoms with van der Waals surface area (Å²) in [7, 11) is 0. The van der Waals surface area contributed by atoms with Crippen LogP contribution in [0.15, 0.2) is 0 Å². The summed E-state index contributed by atoms with van der Waals surface area (Å²) in [5.41, 5.74) is 5.34. The standard InChI is InChI=1S/C9H17F2NO3/c1-4-15-8(14)9(10,11)7(13)6(12)5(2)3/h5-7,13H,4,12H2,1-3H3. The van der Waals surface area contributed by atoms with Gasteiger partial charge in [-0.1, -0.05) is 13.8 Å². The maximum atomic E-state index is 13.2. The van der Waals surface area contributed by atoms with Crippen molar-refractivity contribution in [3.8, 4) is 0 Å². The molecule has 0 aliphatic heterocycles. The van der Waals surface area contributed by atoms with Crippen molar-refractivity contribution in [3.05, 3.63) is 0 Å². The summed E-state index contributed by atoms with van der Waals surface area (Å²) in [6, 6.07) is -1.18. The quantitative estimate of drug-likeness (QED) is 0.669. The number of carbonyl (C=O) groups excluding carboxylic acids is 1. The third-order valence-corrected chi connectivity index (χ3v) is 2.05.